The Bertz CT molecular complexity index is 906. The van der Waals surface area contributed by atoms with Gasteiger partial charge in [0, 0.05) is 30.8 Å². The van der Waals surface area contributed by atoms with Gasteiger partial charge in [-0.1, -0.05) is 0 Å². The third-order valence-corrected chi connectivity index (χ3v) is 4.65. The van der Waals surface area contributed by atoms with Gasteiger partial charge < -0.3 is 33.4 Å². The Kier molecular flexibility index (Phi) is 8.53. The number of nitrogens with one attached hydrogen (secondary N) is 1. The van der Waals surface area contributed by atoms with Crippen LogP contribution in [0.3, 0.4) is 0 Å². The van der Waals surface area contributed by atoms with Crippen LogP contribution in [0.25, 0.3) is 22.2 Å². The zero-order valence-electron chi connectivity index (χ0n) is 17.7. The van der Waals surface area contributed by atoms with Crippen molar-refractivity contribution in [2.75, 3.05) is 54.2 Å². The minimum absolute atomic E-state index is 0.196. The predicted molar refractivity (Wildman–Crippen MR) is 115 cm³/mol. The highest BCUT2D eigenvalue weighted by molar-refractivity contribution is 5.91. The minimum atomic E-state index is 0.196. The maximum Gasteiger partial charge on any atom is 0.189 e. The summed E-state index contributed by atoms with van der Waals surface area (Å²) >= 11 is 0. The summed E-state index contributed by atoms with van der Waals surface area (Å²) in [6.45, 7) is 4.61. The van der Waals surface area contributed by atoms with Crippen LogP contribution in [-0.4, -0.2) is 59.2 Å². The molecule has 7 nitrogen and oxygen atoms in total. The molecule has 0 saturated heterocycles. The van der Waals surface area contributed by atoms with E-state index in [1.165, 1.54) is 0 Å². The maximum atomic E-state index is 5.68. The Balaban J connectivity index is 1.63. The van der Waals surface area contributed by atoms with Crippen molar-refractivity contribution >= 4 is 10.9 Å². The lowest BCUT2D eigenvalue weighted by Gasteiger charge is -2.08. The van der Waals surface area contributed by atoms with Crippen molar-refractivity contribution in [3.8, 4) is 22.8 Å². The van der Waals surface area contributed by atoms with Crippen molar-refractivity contribution < 1.29 is 28.4 Å². The van der Waals surface area contributed by atoms with Crippen molar-refractivity contribution in [3.05, 3.63) is 48.0 Å². The summed E-state index contributed by atoms with van der Waals surface area (Å²) in [6, 6.07) is 13.9. The number of aryl methyl sites for hydroxylation is 1. The van der Waals surface area contributed by atoms with Crippen LogP contribution in [0, 0.1) is 6.92 Å². The predicted octanol–water partition coefficient (Wildman–Crippen LogP) is 4.14. The molecule has 0 radical (unpaired) electrons. The molecule has 1 aromatic heterocycles. The summed E-state index contributed by atoms with van der Waals surface area (Å²) in [5.74, 6) is 1.53. The summed E-state index contributed by atoms with van der Waals surface area (Å²) in [7, 11) is 3.28. The third kappa shape index (κ3) is 5.96. The number of ether oxygens (including phenoxy) is 6. The lowest BCUT2D eigenvalue weighted by atomic mass is 10.1. The van der Waals surface area contributed by atoms with Gasteiger partial charge in [-0.15, -0.1) is 0 Å². The second-order valence-electron chi connectivity index (χ2n) is 6.68. The van der Waals surface area contributed by atoms with Gasteiger partial charge in [0.15, 0.2) is 13.6 Å². The zero-order valence-corrected chi connectivity index (χ0v) is 17.7. The van der Waals surface area contributed by atoms with Crippen molar-refractivity contribution in [1.82, 2.24) is 4.98 Å². The van der Waals surface area contributed by atoms with Crippen molar-refractivity contribution in [2.24, 2.45) is 0 Å². The van der Waals surface area contributed by atoms with E-state index >= 15 is 0 Å². The van der Waals surface area contributed by atoms with E-state index in [1.807, 2.05) is 42.5 Å². The number of hydrogen-bond donors (Lipinski definition) is 1. The molecule has 30 heavy (non-hydrogen) atoms. The van der Waals surface area contributed by atoms with Gasteiger partial charge in [0.25, 0.3) is 0 Å². The molecule has 0 atom stereocenters. The molecule has 0 amide bonds. The Morgan fingerprint density at radius 3 is 1.97 bits per heavy atom. The number of benzene rings is 2. The van der Waals surface area contributed by atoms with Crippen LogP contribution in [0.2, 0.25) is 0 Å². The largest absolute Gasteiger partial charge is 0.468 e. The van der Waals surface area contributed by atoms with Gasteiger partial charge in [0.2, 0.25) is 0 Å². The standard InChI is InChI=1S/C23H29NO6/c1-17-21-14-20(30-16-28-13-11-26-3)8-9-22(21)24-23(17)18-4-6-19(7-5-18)29-15-27-12-10-25-2/h4-9,14,24H,10-13,15-16H2,1-3H3. The fourth-order valence-electron chi connectivity index (χ4n) is 3.02. The molecule has 2 aromatic carbocycles. The highest BCUT2D eigenvalue weighted by Gasteiger charge is 2.11. The van der Waals surface area contributed by atoms with E-state index in [1.54, 1.807) is 14.2 Å². The molecule has 3 rings (SSSR count). The van der Waals surface area contributed by atoms with Gasteiger partial charge in [-0.25, -0.2) is 0 Å². The van der Waals surface area contributed by atoms with E-state index in [9.17, 15) is 0 Å². The van der Waals surface area contributed by atoms with Crippen molar-refractivity contribution in [1.29, 1.82) is 0 Å². The van der Waals surface area contributed by atoms with Crippen LogP contribution in [0.15, 0.2) is 42.5 Å². The number of fused-ring (bicyclic) bond motifs is 1. The zero-order chi connectivity index (χ0) is 21.2. The summed E-state index contributed by atoms with van der Waals surface area (Å²) in [5, 5.41) is 1.12. The molecule has 0 bridgehead atoms. The van der Waals surface area contributed by atoms with Gasteiger partial charge >= 0.3 is 0 Å². The molecular weight excluding hydrogens is 386 g/mol. The molecule has 0 unspecified atom stereocenters. The Morgan fingerprint density at radius 2 is 1.33 bits per heavy atom. The van der Waals surface area contributed by atoms with Crippen LogP contribution in [-0.2, 0) is 18.9 Å². The number of methoxy groups -OCH3 is 2. The number of H-pyrrole nitrogens is 1. The van der Waals surface area contributed by atoms with Crippen LogP contribution >= 0.6 is 0 Å². The maximum absolute atomic E-state index is 5.68. The number of aromatic amines is 1. The Labute approximate surface area is 176 Å². The number of hydrogen-bond acceptors (Lipinski definition) is 6. The lowest BCUT2D eigenvalue weighted by molar-refractivity contribution is -0.00854. The molecule has 0 saturated carbocycles. The van der Waals surface area contributed by atoms with Gasteiger partial charge in [0.05, 0.1) is 26.4 Å². The number of aromatic nitrogens is 1. The van der Waals surface area contributed by atoms with E-state index < -0.39 is 0 Å². The SMILES string of the molecule is COCCOCOc1ccc(-c2[nH]c3ccc(OCOCCOC)cc3c2C)cc1. The molecule has 0 aliphatic heterocycles. The van der Waals surface area contributed by atoms with Crippen molar-refractivity contribution in [3.63, 3.8) is 0 Å². The smallest absolute Gasteiger partial charge is 0.189 e. The molecule has 1 N–H and O–H groups in total. The van der Waals surface area contributed by atoms with Crippen LogP contribution < -0.4 is 9.47 Å². The topological polar surface area (TPSA) is 71.2 Å². The van der Waals surface area contributed by atoms with E-state index in [2.05, 4.69) is 11.9 Å². The van der Waals surface area contributed by atoms with Crippen molar-refractivity contribution in [2.45, 2.75) is 6.92 Å². The first-order valence-electron chi connectivity index (χ1n) is 9.84. The molecule has 0 aliphatic rings. The molecule has 3 aromatic rings. The van der Waals surface area contributed by atoms with Crippen LogP contribution in [0.5, 0.6) is 11.5 Å². The first-order valence-corrected chi connectivity index (χ1v) is 9.84. The van der Waals surface area contributed by atoms with Gasteiger partial charge in [-0.05, 0) is 60.5 Å². The average molecular weight is 415 g/mol. The van der Waals surface area contributed by atoms with Crippen LogP contribution in [0.4, 0.5) is 0 Å². The summed E-state index contributed by atoms with van der Waals surface area (Å²) < 4.78 is 31.9. The summed E-state index contributed by atoms with van der Waals surface area (Å²) in [6.07, 6.45) is 0. The minimum Gasteiger partial charge on any atom is -0.468 e. The molecule has 1 heterocycles. The first-order chi connectivity index (χ1) is 14.7. The summed E-state index contributed by atoms with van der Waals surface area (Å²) in [5.41, 5.74) is 4.37. The molecule has 0 fully saturated rings. The van der Waals surface area contributed by atoms with Gasteiger partial charge in [-0.3, -0.25) is 0 Å². The monoisotopic (exact) mass is 415 g/mol. The second-order valence-corrected chi connectivity index (χ2v) is 6.68. The Hall–Kier alpha value is -2.58. The van der Waals surface area contributed by atoms with E-state index in [0.29, 0.717) is 26.4 Å². The second kappa shape index (κ2) is 11.6. The molecular formula is C23H29NO6. The van der Waals surface area contributed by atoms with E-state index in [0.717, 1.165) is 39.2 Å². The van der Waals surface area contributed by atoms with E-state index in [-0.39, 0.29) is 13.6 Å². The van der Waals surface area contributed by atoms with Crippen LogP contribution in [0.1, 0.15) is 5.56 Å². The van der Waals surface area contributed by atoms with E-state index in [4.69, 9.17) is 28.4 Å². The Morgan fingerprint density at radius 1 is 0.733 bits per heavy atom. The highest BCUT2D eigenvalue weighted by atomic mass is 16.7. The fraction of sp³-hybridized carbons (Fsp3) is 0.391. The average Bonchev–Trinajstić information content (AvgIpc) is 3.10. The van der Waals surface area contributed by atoms with Gasteiger partial charge in [0.1, 0.15) is 11.5 Å². The highest BCUT2D eigenvalue weighted by Crippen LogP contribution is 2.32. The quantitative estimate of drug-likeness (QED) is 0.334. The molecule has 7 heteroatoms. The third-order valence-electron chi connectivity index (χ3n) is 4.65. The summed E-state index contributed by atoms with van der Waals surface area (Å²) in [4.78, 5) is 3.49. The molecule has 162 valence electrons. The van der Waals surface area contributed by atoms with Gasteiger partial charge in [-0.2, -0.15) is 0 Å². The molecule has 0 spiro atoms. The normalized spacial score (nSPS) is 11.2. The first kappa shape index (κ1) is 22.1. The lowest BCUT2D eigenvalue weighted by Crippen LogP contribution is -2.07. The molecule has 0 aliphatic carbocycles. The fourth-order valence-corrected chi connectivity index (χ4v) is 3.02. The number of rotatable bonds is 13.